The minimum absolute atomic E-state index is 0.0330. The summed E-state index contributed by atoms with van der Waals surface area (Å²) in [7, 11) is 0. The predicted octanol–water partition coefficient (Wildman–Crippen LogP) is 2.82. The van der Waals surface area contributed by atoms with Gasteiger partial charge in [-0.3, -0.25) is 9.59 Å². The van der Waals surface area contributed by atoms with E-state index in [9.17, 15) is 14.7 Å². The molecule has 1 aromatic rings. The van der Waals surface area contributed by atoms with Gasteiger partial charge in [0.15, 0.2) is 11.9 Å². The van der Waals surface area contributed by atoms with E-state index >= 15 is 0 Å². The summed E-state index contributed by atoms with van der Waals surface area (Å²) in [6.07, 6.45) is 5.72. The van der Waals surface area contributed by atoms with Crippen molar-refractivity contribution in [3.63, 3.8) is 0 Å². The van der Waals surface area contributed by atoms with Crippen LogP contribution in [0.15, 0.2) is 23.8 Å². The lowest BCUT2D eigenvalue weighted by Crippen LogP contribution is -2.71. The molecule has 2 bridgehead atoms. The topological polar surface area (TPSA) is 89.6 Å². The van der Waals surface area contributed by atoms with E-state index in [4.69, 9.17) is 10.5 Å². The molecule has 5 nitrogen and oxygen atoms in total. The van der Waals surface area contributed by atoms with Crippen LogP contribution in [0.5, 0.6) is 5.75 Å². The number of aliphatic hydroxyl groups is 1. The van der Waals surface area contributed by atoms with E-state index in [1.54, 1.807) is 6.07 Å². The van der Waals surface area contributed by atoms with Crippen molar-refractivity contribution in [3.8, 4) is 5.75 Å². The van der Waals surface area contributed by atoms with Crippen LogP contribution in [0.1, 0.15) is 67.4 Å². The number of primary amides is 1. The summed E-state index contributed by atoms with van der Waals surface area (Å²) >= 11 is 0. The number of ether oxygens (including phenoxy) is 1. The first-order valence-corrected chi connectivity index (χ1v) is 10.3. The predicted molar refractivity (Wildman–Crippen MR) is 104 cm³/mol. The van der Waals surface area contributed by atoms with Crippen LogP contribution in [-0.2, 0) is 16.6 Å². The molecule has 1 aliphatic heterocycles. The van der Waals surface area contributed by atoms with Crippen molar-refractivity contribution in [3.05, 3.63) is 40.5 Å². The molecule has 2 fully saturated rings. The van der Waals surface area contributed by atoms with Crippen LogP contribution in [0.25, 0.3) is 0 Å². The maximum Gasteiger partial charge on any atom is 0.252 e. The molecule has 5 heteroatoms. The minimum Gasteiger partial charge on any atom is -0.480 e. The fourth-order valence-electron chi connectivity index (χ4n) is 6.64. The van der Waals surface area contributed by atoms with Gasteiger partial charge in [0.1, 0.15) is 5.75 Å². The number of ketones is 1. The molecule has 0 radical (unpaired) electrons. The monoisotopic (exact) mass is 381 g/mol. The molecule has 1 amide bonds. The second-order valence-corrected chi connectivity index (χ2v) is 9.33. The molecule has 5 atom stereocenters. The number of Topliss-reactive ketones (excluding diaryl/α,β-unsaturated/α-hetero) is 1. The van der Waals surface area contributed by atoms with Crippen molar-refractivity contribution in [2.45, 2.75) is 69.5 Å². The lowest BCUT2D eigenvalue weighted by atomic mass is 9.43. The van der Waals surface area contributed by atoms with Gasteiger partial charge < -0.3 is 15.6 Å². The highest BCUT2D eigenvalue weighted by atomic mass is 16.5. The van der Waals surface area contributed by atoms with Crippen LogP contribution in [0.3, 0.4) is 0 Å². The highest BCUT2D eigenvalue weighted by molar-refractivity contribution is 5.98. The standard InChI is InChI=1S/C23H27NO4/c1-12(2)3-4-13-7-9-22-18-14-5-6-15(21(24)26)19(18)28-20(22)17(25)8-10-23(22,27)16(13)11-14/h3,5-6,13,16,20,27H,4,7-11H2,1-2H3,(H2,24,26)/t13?,16-,20-,22-,23+/m0/s1. The zero-order valence-electron chi connectivity index (χ0n) is 16.5. The lowest BCUT2D eigenvalue weighted by Gasteiger charge is -2.61. The molecule has 4 aliphatic rings. The molecule has 1 spiro atoms. The first-order valence-electron chi connectivity index (χ1n) is 10.3. The molecule has 0 aromatic heterocycles. The Hall–Kier alpha value is -2.14. The molecule has 0 saturated heterocycles. The van der Waals surface area contributed by atoms with Crippen LogP contribution in [0, 0.1) is 11.8 Å². The van der Waals surface area contributed by atoms with Gasteiger partial charge in [-0.2, -0.15) is 0 Å². The van der Waals surface area contributed by atoms with E-state index in [2.05, 4.69) is 19.9 Å². The fourth-order valence-corrected chi connectivity index (χ4v) is 6.64. The Balaban J connectivity index is 1.72. The van der Waals surface area contributed by atoms with E-state index in [0.717, 1.165) is 30.4 Å². The molecule has 148 valence electrons. The third kappa shape index (κ3) is 2.00. The van der Waals surface area contributed by atoms with Gasteiger partial charge in [-0.25, -0.2) is 0 Å². The summed E-state index contributed by atoms with van der Waals surface area (Å²) in [4.78, 5) is 24.9. The molecule has 1 aromatic carbocycles. The lowest BCUT2D eigenvalue weighted by molar-refractivity contribution is -0.188. The number of hydrogen-bond acceptors (Lipinski definition) is 4. The van der Waals surface area contributed by atoms with Crippen LogP contribution < -0.4 is 10.5 Å². The third-order valence-corrected chi connectivity index (χ3v) is 7.82. The number of amides is 1. The van der Waals surface area contributed by atoms with Crippen molar-refractivity contribution in [1.29, 1.82) is 0 Å². The molecule has 1 heterocycles. The Labute approximate surface area is 164 Å². The van der Waals surface area contributed by atoms with Crippen LogP contribution in [-0.4, -0.2) is 28.5 Å². The van der Waals surface area contributed by atoms with Crippen molar-refractivity contribution >= 4 is 11.7 Å². The number of allylic oxidation sites excluding steroid dienone is 2. The largest absolute Gasteiger partial charge is 0.480 e. The first kappa shape index (κ1) is 17.9. The zero-order chi connectivity index (χ0) is 19.8. The van der Waals surface area contributed by atoms with E-state index in [-0.39, 0.29) is 11.7 Å². The summed E-state index contributed by atoms with van der Waals surface area (Å²) in [5.41, 5.74) is 7.49. The Morgan fingerprint density at radius 1 is 1.36 bits per heavy atom. The molecule has 3 N–H and O–H groups in total. The van der Waals surface area contributed by atoms with Crippen LogP contribution in [0.4, 0.5) is 0 Å². The number of rotatable bonds is 3. The quantitative estimate of drug-likeness (QED) is 0.788. The maximum atomic E-state index is 12.9. The van der Waals surface area contributed by atoms with Crippen LogP contribution in [0.2, 0.25) is 0 Å². The number of benzene rings is 1. The van der Waals surface area contributed by atoms with Gasteiger partial charge in [0.05, 0.1) is 16.6 Å². The van der Waals surface area contributed by atoms with Crippen molar-refractivity contribution in [2.75, 3.05) is 0 Å². The second kappa shape index (κ2) is 5.69. The van der Waals surface area contributed by atoms with Crippen molar-refractivity contribution in [2.24, 2.45) is 17.6 Å². The summed E-state index contributed by atoms with van der Waals surface area (Å²) < 4.78 is 6.16. The Kier molecular flexibility index (Phi) is 3.64. The molecule has 2 saturated carbocycles. The molecule has 1 unspecified atom stereocenters. The molecular weight excluding hydrogens is 354 g/mol. The van der Waals surface area contributed by atoms with Gasteiger partial charge >= 0.3 is 0 Å². The summed E-state index contributed by atoms with van der Waals surface area (Å²) in [6, 6.07) is 3.68. The van der Waals surface area contributed by atoms with Gasteiger partial charge in [-0.1, -0.05) is 17.7 Å². The van der Waals surface area contributed by atoms with Crippen molar-refractivity contribution < 1.29 is 19.4 Å². The van der Waals surface area contributed by atoms with Crippen molar-refractivity contribution in [1.82, 2.24) is 0 Å². The number of hydrogen-bond donors (Lipinski definition) is 2. The summed E-state index contributed by atoms with van der Waals surface area (Å²) in [5, 5.41) is 12.1. The van der Waals surface area contributed by atoms with E-state index in [0.29, 0.717) is 36.5 Å². The van der Waals surface area contributed by atoms with Gasteiger partial charge in [0.2, 0.25) is 0 Å². The normalized spacial score (nSPS) is 37.1. The van der Waals surface area contributed by atoms with E-state index < -0.39 is 23.0 Å². The molecular formula is C23H27NO4. The second-order valence-electron chi connectivity index (χ2n) is 9.33. The van der Waals surface area contributed by atoms with Gasteiger partial charge in [0.25, 0.3) is 5.91 Å². The van der Waals surface area contributed by atoms with Crippen LogP contribution >= 0.6 is 0 Å². The van der Waals surface area contributed by atoms with E-state index in [1.165, 1.54) is 5.57 Å². The van der Waals surface area contributed by atoms with E-state index in [1.807, 2.05) is 6.07 Å². The van der Waals surface area contributed by atoms with Gasteiger partial charge in [-0.15, -0.1) is 0 Å². The SMILES string of the molecule is CC(C)=CCC1CC[C@]23c4c5ccc(C(N)=O)c4O[C@H]2C(=O)CC[C@@]3(O)[C@H]1C5. The smallest absolute Gasteiger partial charge is 0.252 e. The minimum atomic E-state index is -0.974. The molecule has 28 heavy (non-hydrogen) atoms. The number of nitrogens with two attached hydrogens (primary N) is 1. The first-order chi connectivity index (χ1) is 13.3. The fraction of sp³-hybridized carbons (Fsp3) is 0.565. The highest BCUT2D eigenvalue weighted by Gasteiger charge is 2.72. The Bertz CT molecular complexity index is 931. The van der Waals surface area contributed by atoms with Gasteiger partial charge in [0, 0.05) is 12.0 Å². The Morgan fingerprint density at radius 2 is 2.14 bits per heavy atom. The molecule has 5 rings (SSSR count). The number of carbonyl (C=O) groups is 2. The molecule has 3 aliphatic carbocycles. The summed E-state index contributed by atoms with van der Waals surface area (Å²) in [6.45, 7) is 4.21. The van der Waals surface area contributed by atoms with Gasteiger partial charge in [-0.05, 0) is 69.4 Å². The third-order valence-electron chi connectivity index (χ3n) is 7.82. The maximum absolute atomic E-state index is 12.9. The summed E-state index contributed by atoms with van der Waals surface area (Å²) in [5.74, 6) is 0.403. The zero-order valence-corrected chi connectivity index (χ0v) is 16.5. The highest BCUT2D eigenvalue weighted by Crippen LogP contribution is 2.67. The average Bonchev–Trinajstić information content (AvgIpc) is 2.98. The Morgan fingerprint density at radius 3 is 2.86 bits per heavy atom. The average molecular weight is 381 g/mol. The number of carbonyl (C=O) groups excluding carboxylic acids is 2.